The fourth-order valence-corrected chi connectivity index (χ4v) is 1.18. The van der Waals surface area contributed by atoms with Crippen molar-refractivity contribution in [2.75, 3.05) is 13.2 Å². The number of hydrogen-bond donors (Lipinski definition) is 1. The first-order valence-corrected chi connectivity index (χ1v) is 4.53. The molecule has 1 saturated heterocycles. The molecule has 76 valence electrons. The standard InChI is InChI=1S/C9H9ClO4/c10-6-1-2-8(14-11)9(3-6)13-5-7-4-12-7/h1-3,7,11H,4-5H2/t7-/m1/s1. The number of rotatable bonds is 4. The van der Waals surface area contributed by atoms with Gasteiger partial charge in [-0.3, -0.25) is 0 Å². The zero-order chi connectivity index (χ0) is 9.97. The number of hydrogen-bond acceptors (Lipinski definition) is 4. The summed E-state index contributed by atoms with van der Waals surface area (Å²) in [4.78, 5) is 4.13. The van der Waals surface area contributed by atoms with Crippen molar-refractivity contribution in [1.82, 2.24) is 0 Å². The van der Waals surface area contributed by atoms with Gasteiger partial charge >= 0.3 is 0 Å². The van der Waals surface area contributed by atoms with E-state index in [9.17, 15) is 0 Å². The van der Waals surface area contributed by atoms with Crippen LogP contribution in [0.1, 0.15) is 0 Å². The number of halogens is 1. The van der Waals surface area contributed by atoms with E-state index in [4.69, 9.17) is 26.3 Å². The van der Waals surface area contributed by atoms with E-state index >= 15 is 0 Å². The summed E-state index contributed by atoms with van der Waals surface area (Å²) < 4.78 is 10.3. The molecule has 0 radical (unpaired) electrons. The van der Waals surface area contributed by atoms with Crippen LogP contribution in [-0.2, 0) is 4.74 Å². The molecule has 1 aliphatic heterocycles. The zero-order valence-electron chi connectivity index (χ0n) is 7.27. The third kappa shape index (κ3) is 2.29. The Hall–Kier alpha value is -0.970. The summed E-state index contributed by atoms with van der Waals surface area (Å²) in [5.41, 5.74) is 0. The van der Waals surface area contributed by atoms with Gasteiger partial charge in [0.05, 0.1) is 6.61 Å². The summed E-state index contributed by atoms with van der Waals surface area (Å²) in [6.45, 7) is 1.16. The molecule has 0 saturated carbocycles. The van der Waals surface area contributed by atoms with Crippen molar-refractivity contribution < 1.29 is 19.6 Å². The van der Waals surface area contributed by atoms with Gasteiger partial charge in [-0.05, 0) is 12.1 Å². The van der Waals surface area contributed by atoms with Gasteiger partial charge in [0.2, 0.25) is 5.75 Å². The van der Waals surface area contributed by atoms with Gasteiger partial charge in [-0.2, -0.15) is 0 Å². The Bertz CT molecular complexity index is 325. The summed E-state index contributed by atoms with van der Waals surface area (Å²) in [7, 11) is 0. The van der Waals surface area contributed by atoms with Crippen molar-refractivity contribution in [3.05, 3.63) is 23.2 Å². The molecule has 1 fully saturated rings. The molecular formula is C9H9ClO4. The summed E-state index contributed by atoms with van der Waals surface area (Å²) in [5, 5.41) is 9.06. The quantitative estimate of drug-likeness (QED) is 0.475. The molecular weight excluding hydrogens is 208 g/mol. The third-order valence-electron chi connectivity index (χ3n) is 1.83. The summed E-state index contributed by atoms with van der Waals surface area (Å²) >= 11 is 5.76. The van der Waals surface area contributed by atoms with E-state index in [1.165, 1.54) is 6.07 Å². The van der Waals surface area contributed by atoms with E-state index in [-0.39, 0.29) is 11.9 Å². The van der Waals surface area contributed by atoms with Gasteiger partial charge in [0.15, 0.2) is 5.75 Å². The first-order chi connectivity index (χ1) is 6.79. The Kier molecular flexibility index (Phi) is 2.77. The smallest absolute Gasteiger partial charge is 0.206 e. The highest BCUT2D eigenvalue weighted by atomic mass is 35.5. The van der Waals surface area contributed by atoms with Crippen LogP contribution in [0.15, 0.2) is 18.2 Å². The predicted molar refractivity (Wildman–Crippen MR) is 49.9 cm³/mol. The fraction of sp³-hybridized carbons (Fsp3) is 0.333. The first kappa shape index (κ1) is 9.58. The van der Waals surface area contributed by atoms with Crippen LogP contribution >= 0.6 is 11.6 Å². The van der Waals surface area contributed by atoms with Gasteiger partial charge in [-0.25, -0.2) is 5.26 Å². The maximum Gasteiger partial charge on any atom is 0.206 e. The zero-order valence-corrected chi connectivity index (χ0v) is 8.03. The van der Waals surface area contributed by atoms with Gasteiger partial charge < -0.3 is 14.4 Å². The van der Waals surface area contributed by atoms with Gasteiger partial charge in [-0.1, -0.05) is 11.6 Å². The summed E-state index contributed by atoms with van der Waals surface area (Å²) in [5.74, 6) is 0.658. The van der Waals surface area contributed by atoms with Crippen molar-refractivity contribution in [1.29, 1.82) is 0 Å². The van der Waals surface area contributed by atoms with Crippen molar-refractivity contribution in [3.8, 4) is 11.5 Å². The topological polar surface area (TPSA) is 51.2 Å². The number of epoxide rings is 1. The molecule has 1 aromatic rings. The minimum atomic E-state index is 0.153. The largest absolute Gasteiger partial charge is 0.487 e. The van der Waals surface area contributed by atoms with Gasteiger partial charge in [0.25, 0.3) is 0 Å². The molecule has 1 atom stereocenters. The minimum absolute atomic E-state index is 0.153. The molecule has 4 nitrogen and oxygen atoms in total. The molecule has 1 aromatic carbocycles. The number of ether oxygens (including phenoxy) is 2. The van der Waals surface area contributed by atoms with E-state index in [1.807, 2.05) is 0 Å². The predicted octanol–water partition coefficient (Wildman–Crippen LogP) is 1.97. The second-order valence-electron chi connectivity index (χ2n) is 2.95. The van der Waals surface area contributed by atoms with Crippen molar-refractivity contribution in [3.63, 3.8) is 0 Å². The molecule has 0 unspecified atom stereocenters. The highest BCUT2D eigenvalue weighted by molar-refractivity contribution is 6.30. The van der Waals surface area contributed by atoms with E-state index in [0.29, 0.717) is 17.4 Å². The second-order valence-corrected chi connectivity index (χ2v) is 3.39. The molecule has 14 heavy (non-hydrogen) atoms. The van der Waals surface area contributed by atoms with Crippen LogP contribution in [-0.4, -0.2) is 24.6 Å². The van der Waals surface area contributed by atoms with Crippen LogP contribution in [0, 0.1) is 0 Å². The van der Waals surface area contributed by atoms with E-state index < -0.39 is 0 Å². The Morgan fingerprint density at radius 2 is 2.29 bits per heavy atom. The minimum Gasteiger partial charge on any atom is -0.487 e. The molecule has 2 rings (SSSR count). The third-order valence-corrected chi connectivity index (χ3v) is 2.07. The SMILES string of the molecule is OOc1ccc(Cl)cc1OC[C@H]1CO1. The average molecular weight is 217 g/mol. The molecule has 1 N–H and O–H groups in total. The van der Waals surface area contributed by atoms with Gasteiger partial charge in [0, 0.05) is 11.1 Å². The van der Waals surface area contributed by atoms with Crippen LogP contribution in [0.25, 0.3) is 0 Å². The van der Waals surface area contributed by atoms with Gasteiger partial charge in [0.1, 0.15) is 12.7 Å². The number of benzene rings is 1. The lowest BCUT2D eigenvalue weighted by molar-refractivity contribution is -0.139. The second kappa shape index (κ2) is 4.04. The van der Waals surface area contributed by atoms with Crippen molar-refractivity contribution >= 4 is 11.6 Å². The van der Waals surface area contributed by atoms with E-state index in [0.717, 1.165) is 6.61 Å². The highest BCUT2D eigenvalue weighted by Gasteiger charge is 2.23. The normalized spacial score (nSPS) is 19.1. The van der Waals surface area contributed by atoms with E-state index in [1.54, 1.807) is 12.1 Å². The summed E-state index contributed by atoms with van der Waals surface area (Å²) in [6, 6.07) is 4.72. The molecule has 0 amide bonds. The van der Waals surface area contributed by atoms with Crippen LogP contribution in [0.4, 0.5) is 0 Å². The van der Waals surface area contributed by atoms with Crippen LogP contribution in [0.5, 0.6) is 11.5 Å². The Balaban J connectivity index is 2.07. The molecule has 0 spiro atoms. The lowest BCUT2D eigenvalue weighted by Crippen LogP contribution is -2.05. The summed E-state index contributed by atoms with van der Waals surface area (Å²) in [6.07, 6.45) is 0.153. The van der Waals surface area contributed by atoms with Crippen LogP contribution < -0.4 is 9.62 Å². The molecule has 0 bridgehead atoms. The van der Waals surface area contributed by atoms with Crippen molar-refractivity contribution in [2.45, 2.75) is 6.10 Å². The maximum atomic E-state index is 8.54. The molecule has 1 heterocycles. The van der Waals surface area contributed by atoms with Gasteiger partial charge in [-0.15, -0.1) is 0 Å². The molecule has 1 aliphatic rings. The maximum absolute atomic E-state index is 8.54. The Labute approximate surface area is 85.9 Å². The monoisotopic (exact) mass is 216 g/mol. The Morgan fingerprint density at radius 1 is 1.50 bits per heavy atom. The molecule has 0 aliphatic carbocycles. The lowest BCUT2D eigenvalue weighted by Gasteiger charge is -2.07. The fourth-order valence-electron chi connectivity index (χ4n) is 1.02. The molecule has 5 heteroatoms. The van der Waals surface area contributed by atoms with Crippen molar-refractivity contribution in [2.24, 2.45) is 0 Å². The Morgan fingerprint density at radius 3 is 2.93 bits per heavy atom. The van der Waals surface area contributed by atoms with Crippen LogP contribution in [0.3, 0.4) is 0 Å². The van der Waals surface area contributed by atoms with Crippen LogP contribution in [0.2, 0.25) is 5.02 Å². The molecule has 0 aromatic heterocycles. The first-order valence-electron chi connectivity index (χ1n) is 4.15. The highest BCUT2D eigenvalue weighted by Crippen LogP contribution is 2.30. The van der Waals surface area contributed by atoms with E-state index in [2.05, 4.69) is 4.89 Å². The average Bonchev–Trinajstić information content (AvgIpc) is 2.98. The lowest BCUT2D eigenvalue weighted by atomic mass is 10.3.